The molecule has 1 aromatic carbocycles. The van der Waals surface area contributed by atoms with Gasteiger partial charge in [-0.3, -0.25) is 0 Å². The zero-order valence-electron chi connectivity index (χ0n) is 9.11. The summed E-state index contributed by atoms with van der Waals surface area (Å²) >= 11 is 5.88. The van der Waals surface area contributed by atoms with E-state index in [-0.39, 0.29) is 6.61 Å². The van der Waals surface area contributed by atoms with Crippen LogP contribution in [-0.2, 0) is 6.61 Å². The van der Waals surface area contributed by atoms with Crippen LogP contribution in [0.1, 0.15) is 17.0 Å². The van der Waals surface area contributed by atoms with Crippen LogP contribution in [0, 0.1) is 18.3 Å². The van der Waals surface area contributed by atoms with Crippen LogP contribution in [0.3, 0.4) is 0 Å². The van der Waals surface area contributed by atoms with Gasteiger partial charge in [-0.05, 0) is 19.1 Å². The van der Waals surface area contributed by atoms with Gasteiger partial charge in [-0.2, -0.15) is 5.26 Å². The quantitative estimate of drug-likeness (QED) is 0.838. The molecule has 0 saturated carbocycles. The molecular weight excluding hydrogens is 240 g/mol. The Labute approximate surface area is 103 Å². The molecule has 4 nitrogen and oxygen atoms in total. The largest absolute Gasteiger partial charge is 0.485 e. The summed E-state index contributed by atoms with van der Waals surface area (Å²) in [5, 5.41) is 12.8. The van der Waals surface area contributed by atoms with Crippen LogP contribution in [0.25, 0.3) is 0 Å². The third-order valence-corrected chi connectivity index (χ3v) is 2.43. The van der Waals surface area contributed by atoms with E-state index in [0.29, 0.717) is 22.1 Å². The predicted molar refractivity (Wildman–Crippen MR) is 61.7 cm³/mol. The lowest BCUT2D eigenvalue weighted by molar-refractivity contribution is 0.249. The van der Waals surface area contributed by atoms with Crippen molar-refractivity contribution < 1.29 is 9.26 Å². The van der Waals surface area contributed by atoms with Crippen molar-refractivity contribution in [3.8, 4) is 11.8 Å². The molecule has 0 atom stereocenters. The number of rotatable bonds is 3. The van der Waals surface area contributed by atoms with Crippen molar-refractivity contribution in [3.63, 3.8) is 0 Å². The molecule has 1 heterocycles. The Kier molecular flexibility index (Phi) is 3.31. The molecule has 5 heteroatoms. The Balaban J connectivity index is 2.05. The maximum atomic E-state index is 8.72. The highest BCUT2D eigenvalue weighted by atomic mass is 35.5. The number of aryl methyl sites for hydroxylation is 1. The molecule has 0 unspecified atom stereocenters. The lowest BCUT2D eigenvalue weighted by Gasteiger charge is -2.04. The number of hydrogen-bond donors (Lipinski definition) is 0. The second-order valence-corrected chi connectivity index (χ2v) is 3.88. The predicted octanol–water partition coefficient (Wildman–Crippen LogP) is 3.09. The highest BCUT2D eigenvalue weighted by Gasteiger charge is 2.04. The van der Waals surface area contributed by atoms with Gasteiger partial charge in [0.1, 0.15) is 18.4 Å². The first-order valence-electron chi connectivity index (χ1n) is 4.93. The third kappa shape index (κ3) is 2.77. The van der Waals surface area contributed by atoms with Gasteiger partial charge in [0.25, 0.3) is 0 Å². The minimum atomic E-state index is 0.281. The zero-order valence-corrected chi connectivity index (χ0v) is 9.86. The molecule has 0 aliphatic heterocycles. The molecule has 0 radical (unpaired) electrons. The van der Waals surface area contributed by atoms with Crippen LogP contribution in [0.2, 0.25) is 5.02 Å². The molecule has 0 amide bonds. The van der Waals surface area contributed by atoms with Crippen molar-refractivity contribution in [1.82, 2.24) is 5.16 Å². The van der Waals surface area contributed by atoms with Crippen LogP contribution in [0.15, 0.2) is 28.8 Å². The van der Waals surface area contributed by atoms with Crippen molar-refractivity contribution in [3.05, 3.63) is 46.3 Å². The van der Waals surface area contributed by atoms with Crippen LogP contribution in [-0.4, -0.2) is 5.16 Å². The van der Waals surface area contributed by atoms with Crippen molar-refractivity contribution >= 4 is 11.6 Å². The van der Waals surface area contributed by atoms with Crippen LogP contribution in [0.4, 0.5) is 0 Å². The van der Waals surface area contributed by atoms with E-state index in [4.69, 9.17) is 26.1 Å². The Morgan fingerprint density at radius 2 is 2.29 bits per heavy atom. The molecule has 0 saturated heterocycles. The van der Waals surface area contributed by atoms with E-state index in [1.807, 2.05) is 13.0 Å². The number of benzene rings is 1. The smallest absolute Gasteiger partial charge is 0.174 e. The van der Waals surface area contributed by atoms with Crippen molar-refractivity contribution in [2.45, 2.75) is 13.5 Å². The highest BCUT2D eigenvalue weighted by molar-refractivity contribution is 6.31. The van der Waals surface area contributed by atoms with Gasteiger partial charge < -0.3 is 9.26 Å². The Hall–Kier alpha value is -1.99. The number of ether oxygens (including phenoxy) is 1. The summed E-state index contributed by atoms with van der Waals surface area (Å²) in [5.41, 5.74) is 1.23. The lowest BCUT2D eigenvalue weighted by atomic mass is 10.2. The zero-order chi connectivity index (χ0) is 12.3. The average Bonchev–Trinajstić information content (AvgIpc) is 2.73. The molecule has 17 heavy (non-hydrogen) atoms. The van der Waals surface area contributed by atoms with Gasteiger partial charge in [0.05, 0.1) is 16.3 Å². The van der Waals surface area contributed by atoms with E-state index in [1.54, 1.807) is 24.3 Å². The second kappa shape index (κ2) is 4.89. The summed E-state index contributed by atoms with van der Waals surface area (Å²) in [7, 11) is 0. The first kappa shape index (κ1) is 11.5. The van der Waals surface area contributed by atoms with Gasteiger partial charge in [-0.15, -0.1) is 0 Å². The summed E-state index contributed by atoms with van der Waals surface area (Å²) in [6.07, 6.45) is 0. The number of nitrogens with zero attached hydrogens (tertiary/aromatic N) is 2. The number of halogens is 1. The fraction of sp³-hybridized carbons (Fsp3) is 0.167. The molecule has 0 aliphatic carbocycles. The topological polar surface area (TPSA) is 59.0 Å². The number of hydrogen-bond acceptors (Lipinski definition) is 4. The molecule has 0 fully saturated rings. The molecule has 2 rings (SSSR count). The van der Waals surface area contributed by atoms with Crippen molar-refractivity contribution in [2.24, 2.45) is 0 Å². The molecular formula is C12H9ClN2O2. The SMILES string of the molecule is Cc1cc(COc2ccc(C#N)c(Cl)c2)on1. The number of aromatic nitrogens is 1. The fourth-order valence-electron chi connectivity index (χ4n) is 1.32. The summed E-state index contributed by atoms with van der Waals surface area (Å²) in [5.74, 6) is 1.23. The molecule has 2 aromatic rings. The average molecular weight is 249 g/mol. The normalized spacial score (nSPS) is 9.94. The minimum Gasteiger partial charge on any atom is -0.485 e. The van der Waals surface area contributed by atoms with E-state index in [1.165, 1.54) is 0 Å². The summed E-state index contributed by atoms with van der Waals surface area (Å²) in [6, 6.07) is 8.68. The van der Waals surface area contributed by atoms with E-state index >= 15 is 0 Å². The molecule has 1 aromatic heterocycles. The maximum absolute atomic E-state index is 8.72. The van der Waals surface area contributed by atoms with Crippen molar-refractivity contribution in [2.75, 3.05) is 0 Å². The molecule has 0 bridgehead atoms. The van der Waals surface area contributed by atoms with E-state index < -0.39 is 0 Å². The van der Waals surface area contributed by atoms with Gasteiger partial charge >= 0.3 is 0 Å². The monoisotopic (exact) mass is 248 g/mol. The van der Waals surface area contributed by atoms with Gasteiger partial charge in [0.2, 0.25) is 0 Å². The third-order valence-electron chi connectivity index (χ3n) is 2.12. The van der Waals surface area contributed by atoms with Crippen LogP contribution in [0.5, 0.6) is 5.75 Å². The molecule has 86 valence electrons. The maximum Gasteiger partial charge on any atom is 0.174 e. The van der Waals surface area contributed by atoms with Gasteiger partial charge in [-0.1, -0.05) is 16.8 Å². The van der Waals surface area contributed by atoms with Gasteiger partial charge in [0.15, 0.2) is 5.76 Å². The molecule has 0 aliphatic rings. The minimum absolute atomic E-state index is 0.281. The van der Waals surface area contributed by atoms with Crippen molar-refractivity contribution in [1.29, 1.82) is 5.26 Å². The first-order chi connectivity index (χ1) is 8.19. The van der Waals surface area contributed by atoms with Crippen LogP contribution >= 0.6 is 11.6 Å². The summed E-state index contributed by atoms with van der Waals surface area (Å²) in [4.78, 5) is 0. The Morgan fingerprint density at radius 1 is 1.47 bits per heavy atom. The van der Waals surface area contributed by atoms with E-state index in [0.717, 1.165) is 5.69 Å². The highest BCUT2D eigenvalue weighted by Crippen LogP contribution is 2.22. The summed E-state index contributed by atoms with van der Waals surface area (Å²) in [6.45, 7) is 2.12. The fourth-order valence-corrected chi connectivity index (χ4v) is 1.53. The molecule has 0 spiro atoms. The standard InChI is InChI=1S/C12H9ClN2O2/c1-8-4-11(17-15-8)7-16-10-3-2-9(6-14)12(13)5-10/h2-5H,7H2,1H3. The number of nitriles is 1. The molecule has 0 N–H and O–H groups in total. The second-order valence-electron chi connectivity index (χ2n) is 3.48. The van der Waals surface area contributed by atoms with E-state index in [2.05, 4.69) is 5.16 Å². The summed E-state index contributed by atoms with van der Waals surface area (Å²) < 4.78 is 10.5. The van der Waals surface area contributed by atoms with Crippen LogP contribution < -0.4 is 4.74 Å². The Morgan fingerprint density at radius 3 is 2.88 bits per heavy atom. The Bertz CT molecular complexity index is 572. The first-order valence-corrected chi connectivity index (χ1v) is 5.31. The van der Waals surface area contributed by atoms with Gasteiger partial charge in [-0.25, -0.2) is 0 Å². The van der Waals surface area contributed by atoms with Gasteiger partial charge in [0, 0.05) is 12.1 Å². The lowest BCUT2D eigenvalue weighted by Crippen LogP contribution is -1.94. The van der Waals surface area contributed by atoms with E-state index in [9.17, 15) is 0 Å².